The zero-order valence-electron chi connectivity index (χ0n) is 18.1. The fraction of sp³-hybridized carbons (Fsp3) is 0.391. The van der Waals surface area contributed by atoms with Crippen LogP contribution in [0.25, 0.3) is 10.2 Å². The van der Waals surface area contributed by atoms with Gasteiger partial charge in [-0.15, -0.1) is 11.3 Å². The number of thiazole rings is 1. The highest BCUT2D eigenvalue weighted by Crippen LogP contribution is 2.34. The first-order valence-corrected chi connectivity index (χ1v) is 13.4. The van der Waals surface area contributed by atoms with Gasteiger partial charge in [0.2, 0.25) is 10.0 Å². The van der Waals surface area contributed by atoms with E-state index < -0.39 is 10.0 Å². The Kier molecular flexibility index (Phi) is 6.09. The first-order chi connectivity index (χ1) is 15.9. The van der Waals surface area contributed by atoms with Crippen LogP contribution in [0, 0.1) is 0 Å². The van der Waals surface area contributed by atoms with Crippen molar-refractivity contribution in [3.05, 3.63) is 53.0 Å². The van der Waals surface area contributed by atoms with E-state index in [1.165, 1.54) is 12.1 Å². The number of morpholine rings is 1. The molecule has 10 heteroatoms. The zero-order chi connectivity index (χ0) is 23.0. The Hall–Kier alpha value is -2.53. The molecular weight excluding hydrogens is 460 g/mol. The van der Waals surface area contributed by atoms with Crippen LogP contribution in [0.3, 0.4) is 0 Å². The monoisotopic (exact) mass is 486 g/mol. The maximum atomic E-state index is 13.7. The first kappa shape index (κ1) is 22.3. The van der Waals surface area contributed by atoms with Crippen molar-refractivity contribution in [2.24, 2.45) is 5.14 Å². The maximum absolute atomic E-state index is 13.7. The highest BCUT2D eigenvalue weighted by Gasteiger charge is 2.30. The molecule has 1 atom stereocenters. The highest BCUT2D eigenvalue weighted by atomic mass is 32.2. The third-order valence-electron chi connectivity index (χ3n) is 6.25. The Balaban J connectivity index is 1.45. The Morgan fingerprint density at radius 2 is 1.91 bits per heavy atom. The smallest absolute Gasteiger partial charge is 0.256 e. The van der Waals surface area contributed by atoms with Crippen molar-refractivity contribution in [3.63, 3.8) is 0 Å². The average molecular weight is 487 g/mol. The molecule has 0 radical (unpaired) electrons. The third kappa shape index (κ3) is 4.61. The van der Waals surface area contributed by atoms with Crippen molar-refractivity contribution in [2.75, 3.05) is 44.3 Å². The number of sulfonamides is 1. The maximum Gasteiger partial charge on any atom is 0.256 e. The van der Waals surface area contributed by atoms with E-state index in [2.05, 4.69) is 11.0 Å². The average Bonchev–Trinajstić information content (AvgIpc) is 3.28. The van der Waals surface area contributed by atoms with E-state index >= 15 is 0 Å². The number of aromatic nitrogens is 1. The quantitative estimate of drug-likeness (QED) is 0.608. The number of anilines is 1. The summed E-state index contributed by atoms with van der Waals surface area (Å²) >= 11 is 1.68. The minimum Gasteiger partial charge on any atom is -0.378 e. The van der Waals surface area contributed by atoms with Crippen LogP contribution in [0.2, 0.25) is 0 Å². The summed E-state index contributed by atoms with van der Waals surface area (Å²) in [5.74, 6) is -0.0128. The molecule has 33 heavy (non-hydrogen) atoms. The van der Waals surface area contributed by atoms with Crippen molar-refractivity contribution < 1.29 is 17.9 Å². The van der Waals surface area contributed by atoms with E-state index in [1.54, 1.807) is 17.4 Å². The number of nitrogens with zero attached hydrogens (tertiary/aromatic N) is 3. The number of likely N-dealkylation sites (tertiary alicyclic amines) is 1. The molecule has 2 aliphatic heterocycles. The van der Waals surface area contributed by atoms with Gasteiger partial charge in [0.05, 0.1) is 38.9 Å². The second kappa shape index (κ2) is 9.02. The van der Waals surface area contributed by atoms with Gasteiger partial charge < -0.3 is 14.5 Å². The predicted molar refractivity (Wildman–Crippen MR) is 128 cm³/mol. The zero-order valence-corrected chi connectivity index (χ0v) is 19.8. The van der Waals surface area contributed by atoms with Crippen molar-refractivity contribution in [1.29, 1.82) is 0 Å². The number of rotatable bonds is 4. The Morgan fingerprint density at radius 1 is 1.12 bits per heavy atom. The number of primary sulfonamides is 1. The molecule has 1 amide bonds. The fourth-order valence-electron chi connectivity index (χ4n) is 4.54. The van der Waals surface area contributed by atoms with Crippen LogP contribution in [-0.4, -0.2) is 63.6 Å². The molecule has 2 saturated heterocycles. The SMILES string of the molecule is NS(=O)(=O)c1ccc(N2CCOCC2)c(C(=O)N2CCC[C@@H](c3nc4ccccc4s3)C2)c1. The molecule has 2 aliphatic rings. The van der Waals surface area contributed by atoms with Crippen LogP contribution in [0.4, 0.5) is 5.69 Å². The molecule has 0 spiro atoms. The standard InChI is InChI=1S/C23H26N4O4S2/c24-33(29,30)17-7-8-20(26-10-12-31-13-11-26)18(14-17)23(28)27-9-3-4-16(15-27)22-25-19-5-1-2-6-21(19)32-22/h1-2,5-8,14,16H,3-4,9-13,15H2,(H2,24,29,30)/t16-/m1/s1. The number of hydrogen-bond donors (Lipinski definition) is 1. The Labute approximate surface area is 197 Å². The van der Waals surface area contributed by atoms with Crippen LogP contribution in [0.1, 0.15) is 34.1 Å². The van der Waals surface area contributed by atoms with Gasteiger partial charge in [0, 0.05) is 37.8 Å². The van der Waals surface area contributed by atoms with Crippen LogP contribution in [-0.2, 0) is 14.8 Å². The van der Waals surface area contributed by atoms with Crippen LogP contribution in [0.15, 0.2) is 47.4 Å². The molecular formula is C23H26N4O4S2. The van der Waals surface area contributed by atoms with Gasteiger partial charge in [-0.2, -0.15) is 0 Å². The summed E-state index contributed by atoms with van der Waals surface area (Å²) in [5.41, 5.74) is 2.07. The van der Waals surface area contributed by atoms with E-state index in [0.717, 1.165) is 33.8 Å². The molecule has 3 heterocycles. The summed E-state index contributed by atoms with van der Waals surface area (Å²) in [4.78, 5) is 22.4. The number of nitrogens with two attached hydrogens (primary N) is 1. The van der Waals surface area contributed by atoms with Gasteiger partial charge in [0.15, 0.2) is 0 Å². The number of benzene rings is 2. The summed E-state index contributed by atoms with van der Waals surface area (Å²) in [6.07, 6.45) is 1.84. The third-order valence-corrected chi connectivity index (χ3v) is 8.36. The largest absolute Gasteiger partial charge is 0.378 e. The summed E-state index contributed by atoms with van der Waals surface area (Å²) < 4.78 is 30.6. The Morgan fingerprint density at radius 3 is 2.67 bits per heavy atom. The van der Waals surface area contributed by atoms with Crippen LogP contribution in [0.5, 0.6) is 0 Å². The topological polar surface area (TPSA) is 106 Å². The van der Waals surface area contributed by atoms with E-state index in [0.29, 0.717) is 45.0 Å². The molecule has 0 aliphatic carbocycles. The number of para-hydroxylation sites is 1. The lowest BCUT2D eigenvalue weighted by molar-refractivity contribution is 0.0706. The lowest BCUT2D eigenvalue weighted by atomic mass is 9.97. The van der Waals surface area contributed by atoms with E-state index in [1.807, 2.05) is 23.1 Å². The molecule has 8 nitrogen and oxygen atoms in total. The van der Waals surface area contributed by atoms with E-state index in [9.17, 15) is 13.2 Å². The van der Waals surface area contributed by atoms with Gasteiger partial charge in [-0.25, -0.2) is 18.5 Å². The molecule has 174 valence electrons. The normalized spacial score (nSPS) is 19.7. The summed E-state index contributed by atoms with van der Waals surface area (Å²) in [6, 6.07) is 12.6. The van der Waals surface area contributed by atoms with Gasteiger partial charge >= 0.3 is 0 Å². The number of hydrogen-bond acceptors (Lipinski definition) is 7. The highest BCUT2D eigenvalue weighted by molar-refractivity contribution is 7.89. The molecule has 0 bridgehead atoms. The lowest BCUT2D eigenvalue weighted by Crippen LogP contribution is -2.41. The van der Waals surface area contributed by atoms with Gasteiger partial charge in [0.25, 0.3) is 5.91 Å². The van der Waals surface area contributed by atoms with Crippen molar-refractivity contribution in [1.82, 2.24) is 9.88 Å². The summed E-state index contributed by atoms with van der Waals surface area (Å²) in [6.45, 7) is 3.60. The number of carbonyl (C=O) groups is 1. The molecule has 0 saturated carbocycles. The van der Waals surface area contributed by atoms with Gasteiger partial charge in [0.1, 0.15) is 0 Å². The van der Waals surface area contributed by atoms with Gasteiger partial charge in [-0.1, -0.05) is 12.1 Å². The number of amides is 1. The minimum atomic E-state index is -3.93. The van der Waals surface area contributed by atoms with Crippen molar-refractivity contribution in [2.45, 2.75) is 23.7 Å². The molecule has 0 unspecified atom stereocenters. The Bertz CT molecular complexity index is 1250. The molecule has 2 fully saturated rings. The number of ether oxygens (including phenoxy) is 1. The van der Waals surface area contributed by atoms with Crippen molar-refractivity contribution >= 4 is 43.2 Å². The number of carbonyl (C=O) groups excluding carboxylic acids is 1. The molecule has 5 rings (SSSR count). The predicted octanol–water partition coefficient (Wildman–Crippen LogP) is 2.80. The second-order valence-corrected chi connectivity index (χ2v) is 11.1. The molecule has 2 N–H and O–H groups in total. The van der Waals surface area contributed by atoms with Crippen LogP contribution >= 0.6 is 11.3 Å². The number of piperidine rings is 1. The van der Waals surface area contributed by atoms with Crippen molar-refractivity contribution in [3.8, 4) is 0 Å². The van der Waals surface area contributed by atoms with Gasteiger partial charge in [-0.05, 0) is 43.2 Å². The van der Waals surface area contributed by atoms with E-state index in [-0.39, 0.29) is 16.7 Å². The summed E-state index contributed by atoms with van der Waals surface area (Å²) in [7, 11) is -3.93. The summed E-state index contributed by atoms with van der Waals surface area (Å²) in [5, 5.41) is 6.42. The lowest BCUT2D eigenvalue weighted by Gasteiger charge is -2.34. The molecule has 2 aromatic carbocycles. The molecule has 1 aromatic heterocycles. The van der Waals surface area contributed by atoms with Crippen LogP contribution < -0.4 is 10.0 Å². The first-order valence-electron chi connectivity index (χ1n) is 11.0. The fourth-order valence-corrected chi connectivity index (χ4v) is 6.17. The van der Waals surface area contributed by atoms with E-state index in [4.69, 9.17) is 14.9 Å². The minimum absolute atomic E-state index is 0.0532. The van der Waals surface area contributed by atoms with Gasteiger partial charge in [-0.3, -0.25) is 4.79 Å². The molecule has 3 aromatic rings. The number of fused-ring (bicyclic) bond motifs is 1. The second-order valence-electron chi connectivity index (χ2n) is 8.43.